The molecule has 0 saturated carbocycles. The summed E-state index contributed by atoms with van der Waals surface area (Å²) in [6, 6.07) is 15.8. The number of nitrogens with zero attached hydrogens (tertiary/aromatic N) is 6. The van der Waals surface area contributed by atoms with E-state index in [1.807, 2.05) is 48.5 Å². The topological polar surface area (TPSA) is 74.6 Å². The molecule has 0 spiro atoms. The van der Waals surface area contributed by atoms with Gasteiger partial charge in [-0.3, -0.25) is 9.59 Å². The number of hydrogen-bond acceptors (Lipinski definition) is 5. The molecular formula is C23H24N6O2. The molecule has 1 aromatic carbocycles. The van der Waals surface area contributed by atoms with Crippen molar-refractivity contribution in [3.05, 3.63) is 78.0 Å². The first-order valence-corrected chi connectivity index (χ1v) is 10.5. The minimum absolute atomic E-state index is 0.120. The number of imidazole rings is 1. The molecule has 8 heteroatoms. The average molecular weight is 416 g/mol. The Kier molecular flexibility index (Phi) is 5.11. The first-order chi connectivity index (χ1) is 15.2. The maximum atomic E-state index is 13.0. The van der Waals surface area contributed by atoms with Crippen LogP contribution in [0, 0.1) is 0 Å². The van der Waals surface area contributed by atoms with Crippen LogP contribution in [0.1, 0.15) is 26.7 Å². The molecule has 2 aromatic heterocycles. The normalized spacial score (nSPS) is 16.4. The summed E-state index contributed by atoms with van der Waals surface area (Å²) in [5.41, 5.74) is 1.43. The van der Waals surface area contributed by atoms with Gasteiger partial charge in [0.2, 0.25) is 0 Å². The fourth-order valence-corrected chi connectivity index (χ4v) is 4.13. The van der Waals surface area contributed by atoms with Crippen LogP contribution in [0.5, 0.6) is 0 Å². The van der Waals surface area contributed by atoms with Crippen molar-refractivity contribution in [3.63, 3.8) is 0 Å². The van der Waals surface area contributed by atoms with Gasteiger partial charge in [-0.25, -0.2) is 9.97 Å². The minimum atomic E-state index is -0.130. The highest BCUT2D eigenvalue weighted by atomic mass is 16.2. The second kappa shape index (κ2) is 8.22. The van der Waals surface area contributed by atoms with Gasteiger partial charge >= 0.3 is 0 Å². The largest absolute Gasteiger partial charge is 0.353 e. The molecule has 0 unspecified atom stereocenters. The summed E-state index contributed by atoms with van der Waals surface area (Å²) < 4.78 is 1.81. The van der Waals surface area contributed by atoms with Crippen molar-refractivity contribution in [1.29, 1.82) is 0 Å². The fraction of sp³-hybridized carbons (Fsp3) is 0.304. The summed E-state index contributed by atoms with van der Waals surface area (Å²) in [5, 5.41) is 0. The molecule has 158 valence electrons. The van der Waals surface area contributed by atoms with Gasteiger partial charge in [-0.2, -0.15) is 0 Å². The molecule has 5 rings (SSSR count). The number of piperazine rings is 1. The zero-order valence-corrected chi connectivity index (χ0v) is 17.2. The molecule has 0 bridgehead atoms. The molecule has 1 saturated heterocycles. The average Bonchev–Trinajstić information content (AvgIpc) is 3.27. The second-order valence-corrected chi connectivity index (χ2v) is 7.82. The number of carbonyl (C=O) groups is 2. The molecule has 8 nitrogen and oxygen atoms in total. The van der Waals surface area contributed by atoms with E-state index in [9.17, 15) is 9.59 Å². The van der Waals surface area contributed by atoms with Gasteiger partial charge in [-0.1, -0.05) is 36.4 Å². The van der Waals surface area contributed by atoms with Crippen LogP contribution in [0.25, 0.3) is 0 Å². The summed E-state index contributed by atoms with van der Waals surface area (Å²) in [6.45, 7) is 4.44. The van der Waals surface area contributed by atoms with Gasteiger partial charge in [-0.05, 0) is 17.7 Å². The Labute approximate surface area is 180 Å². The molecular weight excluding hydrogens is 392 g/mol. The lowest BCUT2D eigenvalue weighted by atomic mass is 10.2. The van der Waals surface area contributed by atoms with E-state index in [2.05, 4.69) is 14.9 Å². The number of aromatic nitrogens is 3. The Morgan fingerprint density at radius 1 is 0.903 bits per heavy atom. The Bertz CT molecular complexity index is 1070. The van der Waals surface area contributed by atoms with Gasteiger partial charge in [0.1, 0.15) is 11.5 Å². The Hall–Kier alpha value is -3.68. The lowest BCUT2D eigenvalue weighted by molar-refractivity contribution is 0.0683. The van der Waals surface area contributed by atoms with Crippen molar-refractivity contribution >= 4 is 17.6 Å². The van der Waals surface area contributed by atoms with Crippen molar-refractivity contribution in [3.8, 4) is 0 Å². The van der Waals surface area contributed by atoms with Gasteiger partial charge in [0, 0.05) is 58.2 Å². The van der Waals surface area contributed by atoms with Crippen LogP contribution in [0.2, 0.25) is 0 Å². The number of rotatable bonds is 4. The van der Waals surface area contributed by atoms with Gasteiger partial charge in [0.25, 0.3) is 11.8 Å². The highest BCUT2D eigenvalue weighted by Crippen LogP contribution is 2.18. The summed E-state index contributed by atoms with van der Waals surface area (Å²) in [4.78, 5) is 40.6. The Morgan fingerprint density at radius 2 is 1.68 bits per heavy atom. The molecule has 1 fully saturated rings. The summed E-state index contributed by atoms with van der Waals surface area (Å²) in [5.74, 6) is 1.02. The van der Waals surface area contributed by atoms with E-state index in [0.29, 0.717) is 44.2 Å². The fourth-order valence-electron chi connectivity index (χ4n) is 4.13. The summed E-state index contributed by atoms with van der Waals surface area (Å²) in [6.07, 6.45) is 3.50. The number of pyridine rings is 1. The minimum Gasteiger partial charge on any atom is -0.353 e. The van der Waals surface area contributed by atoms with E-state index in [0.717, 1.165) is 24.5 Å². The van der Waals surface area contributed by atoms with Crippen LogP contribution in [0.4, 0.5) is 5.82 Å². The maximum absolute atomic E-state index is 13.0. The first kappa shape index (κ1) is 19.3. The number of amides is 2. The number of hydrogen-bond donors (Lipinski definition) is 0. The van der Waals surface area contributed by atoms with E-state index < -0.39 is 0 Å². The Morgan fingerprint density at radius 3 is 2.42 bits per heavy atom. The summed E-state index contributed by atoms with van der Waals surface area (Å²) >= 11 is 0. The molecule has 2 amide bonds. The van der Waals surface area contributed by atoms with Gasteiger partial charge in [0.05, 0.1) is 0 Å². The molecule has 0 aliphatic carbocycles. The van der Waals surface area contributed by atoms with Gasteiger partial charge in [-0.15, -0.1) is 0 Å². The Balaban J connectivity index is 1.25. The zero-order valence-electron chi connectivity index (χ0n) is 17.2. The third-order valence-corrected chi connectivity index (χ3v) is 5.84. The number of fused-ring (bicyclic) bond motifs is 1. The number of benzene rings is 1. The third kappa shape index (κ3) is 3.88. The first-order valence-electron chi connectivity index (χ1n) is 10.5. The van der Waals surface area contributed by atoms with Crippen molar-refractivity contribution in [2.24, 2.45) is 0 Å². The smallest absolute Gasteiger partial charge is 0.290 e. The highest BCUT2D eigenvalue weighted by Gasteiger charge is 2.30. The maximum Gasteiger partial charge on any atom is 0.290 e. The zero-order chi connectivity index (χ0) is 21.2. The third-order valence-electron chi connectivity index (χ3n) is 5.84. The molecule has 31 heavy (non-hydrogen) atoms. The second-order valence-electron chi connectivity index (χ2n) is 7.82. The van der Waals surface area contributed by atoms with E-state index in [1.165, 1.54) is 0 Å². The van der Waals surface area contributed by atoms with Gasteiger partial charge in [0.15, 0.2) is 5.82 Å². The van der Waals surface area contributed by atoms with Crippen LogP contribution in [0.3, 0.4) is 0 Å². The van der Waals surface area contributed by atoms with Crippen molar-refractivity contribution < 1.29 is 9.59 Å². The monoisotopic (exact) mass is 416 g/mol. The molecule has 2 aliphatic heterocycles. The lowest BCUT2D eigenvalue weighted by Crippen LogP contribution is -2.49. The van der Waals surface area contributed by atoms with Crippen molar-refractivity contribution in [2.45, 2.75) is 13.1 Å². The molecule has 0 radical (unpaired) electrons. The van der Waals surface area contributed by atoms with E-state index in [1.54, 1.807) is 26.8 Å². The predicted octanol–water partition coefficient (Wildman–Crippen LogP) is 1.90. The standard InChI is InChI=1S/C23H24N6O2/c30-22(27-12-10-26(11-13-27)20-8-4-5-9-24-20)19-17-28-14-15-29(23(31)21(28)25-19)16-18-6-2-1-3-7-18/h1-9,17H,10-16H2. The predicted molar refractivity (Wildman–Crippen MR) is 116 cm³/mol. The molecule has 2 aliphatic rings. The van der Waals surface area contributed by atoms with Crippen LogP contribution >= 0.6 is 0 Å². The quantitative estimate of drug-likeness (QED) is 0.649. The van der Waals surface area contributed by atoms with Crippen LogP contribution in [0.15, 0.2) is 60.9 Å². The van der Waals surface area contributed by atoms with Crippen LogP contribution < -0.4 is 4.90 Å². The SMILES string of the molecule is O=C(c1cn2c(n1)C(=O)N(Cc1ccccc1)CC2)N1CCN(c2ccccn2)CC1. The number of anilines is 1. The molecule has 3 aromatic rings. The molecule has 4 heterocycles. The number of carbonyl (C=O) groups excluding carboxylic acids is 2. The molecule has 0 atom stereocenters. The van der Waals surface area contributed by atoms with Gasteiger partial charge < -0.3 is 19.3 Å². The van der Waals surface area contributed by atoms with Crippen molar-refractivity contribution in [2.75, 3.05) is 37.6 Å². The molecule has 0 N–H and O–H groups in total. The summed E-state index contributed by atoms with van der Waals surface area (Å²) in [7, 11) is 0. The van der Waals surface area contributed by atoms with Crippen LogP contribution in [-0.2, 0) is 13.1 Å². The van der Waals surface area contributed by atoms with E-state index in [4.69, 9.17) is 0 Å². The lowest BCUT2D eigenvalue weighted by Gasteiger charge is -2.35. The van der Waals surface area contributed by atoms with E-state index >= 15 is 0 Å². The van der Waals surface area contributed by atoms with E-state index in [-0.39, 0.29) is 11.8 Å². The van der Waals surface area contributed by atoms with Crippen molar-refractivity contribution in [1.82, 2.24) is 24.3 Å². The highest BCUT2D eigenvalue weighted by molar-refractivity contribution is 5.96. The van der Waals surface area contributed by atoms with Crippen LogP contribution in [-0.4, -0.2) is 68.9 Å².